The summed E-state index contributed by atoms with van der Waals surface area (Å²) in [5.41, 5.74) is 6.79. The Kier molecular flexibility index (Phi) is 7.97. The molecule has 0 saturated carbocycles. The Morgan fingerprint density at radius 3 is 2.79 bits per heavy atom. The van der Waals surface area contributed by atoms with Crippen LogP contribution in [0, 0.1) is 25.2 Å². The largest absolute Gasteiger partial charge is 0.462 e. The van der Waals surface area contributed by atoms with Gasteiger partial charge in [-0.05, 0) is 70.0 Å². The molecule has 1 N–H and O–H groups in total. The summed E-state index contributed by atoms with van der Waals surface area (Å²) in [6.45, 7) is 11.6. The van der Waals surface area contributed by atoms with Crippen LogP contribution in [0.3, 0.4) is 0 Å². The van der Waals surface area contributed by atoms with Crippen LogP contribution in [0.2, 0.25) is 0 Å². The fraction of sp³-hybridized carbons (Fsp3) is 0.500. The first-order chi connectivity index (χ1) is 20.7. The van der Waals surface area contributed by atoms with Crippen molar-refractivity contribution in [3.63, 3.8) is 0 Å². The Labute approximate surface area is 251 Å². The number of carbonyl (C=O) groups excluding carboxylic acids is 1. The molecule has 3 aliphatic rings. The lowest BCUT2D eigenvalue weighted by molar-refractivity contribution is -0.131. The summed E-state index contributed by atoms with van der Waals surface area (Å²) in [6.07, 6.45) is 5.03. The van der Waals surface area contributed by atoms with E-state index in [0.717, 1.165) is 54.9 Å². The number of likely N-dealkylation sites (tertiary alicyclic amines) is 1. The number of hydrogen-bond acceptors (Lipinski definition) is 8. The van der Waals surface area contributed by atoms with Crippen molar-refractivity contribution < 1.29 is 13.9 Å². The normalized spacial score (nSPS) is 20.8. The van der Waals surface area contributed by atoms with Crippen molar-refractivity contribution in [2.75, 3.05) is 56.2 Å². The number of hydrogen-bond donors (Lipinski definition) is 1. The highest BCUT2D eigenvalue weighted by Gasteiger charge is 2.35. The number of piperazine rings is 1. The van der Waals surface area contributed by atoms with E-state index in [1.807, 2.05) is 6.20 Å². The predicted octanol–water partition coefficient (Wildman–Crippen LogP) is 4.02. The molecule has 0 aliphatic carbocycles. The maximum atomic E-state index is 13.8. The quantitative estimate of drug-likeness (QED) is 0.414. The SMILES string of the molecule is C=C(F)C(=O)N1CCN(c2nc(OC[C@@H]3CCCN3C)nc3c2CCN(c2c(C)c(C)cc4[nH]ccc24)C3)C[C@@H]1CC#N. The van der Waals surface area contributed by atoms with Gasteiger partial charge in [0.05, 0.1) is 30.8 Å². The first kappa shape index (κ1) is 28.9. The summed E-state index contributed by atoms with van der Waals surface area (Å²) in [6, 6.07) is 6.68. The van der Waals surface area contributed by atoms with Crippen LogP contribution in [-0.4, -0.2) is 89.1 Å². The number of rotatable bonds is 7. The molecule has 2 fully saturated rings. The highest BCUT2D eigenvalue weighted by molar-refractivity contribution is 5.95. The number of benzene rings is 1. The van der Waals surface area contributed by atoms with E-state index in [0.29, 0.717) is 38.3 Å². The number of aromatic amines is 1. The fourth-order valence-electron chi connectivity index (χ4n) is 6.85. The number of fused-ring (bicyclic) bond motifs is 2. The molecule has 1 amide bonds. The molecule has 3 aliphatic heterocycles. The number of aromatic nitrogens is 3. The first-order valence-corrected chi connectivity index (χ1v) is 15.1. The van der Waals surface area contributed by atoms with Gasteiger partial charge in [-0.25, -0.2) is 4.39 Å². The Morgan fingerprint density at radius 2 is 2.05 bits per heavy atom. The third kappa shape index (κ3) is 5.52. The van der Waals surface area contributed by atoms with Crippen LogP contribution in [0.15, 0.2) is 30.7 Å². The van der Waals surface area contributed by atoms with Crippen LogP contribution >= 0.6 is 0 Å². The number of halogens is 1. The zero-order chi connectivity index (χ0) is 30.2. The zero-order valence-electron chi connectivity index (χ0n) is 25.2. The van der Waals surface area contributed by atoms with Gasteiger partial charge in [-0.3, -0.25) is 4.79 Å². The topological polar surface area (TPSA) is 105 Å². The minimum atomic E-state index is -1.01. The number of likely N-dealkylation sites (N-methyl/N-ethyl adjacent to an activating group) is 1. The van der Waals surface area contributed by atoms with Crippen molar-refractivity contribution in [1.82, 2.24) is 24.8 Å². The highest BCUT2D eigenvalue weighted by atomic mass is 19.1. The number of carbonyl (C=O) groups is 1. The number of H-pyrrole nitrogens is 1. The summed E-state index contributed by atoms with van der Waals surface area (Å²) in [5, 5.41) is 10.7. The standard InChI is InChI=1S/C32H39FN8O2/c1-20-16-27-25(8-11-35-27)29(21(20)2)39-13-9-26-28(18-39)36-32(43-19-24-6-5-12-38(24)4)37-30(26)40-14-15-41(31(42)22(3)33)23(17-40)7-10-34/h8,11,16,23-24,35H,3,5-7,9,12-15,17-19H2,1-2,4H3/t23-,24-/m0/s1. The lowest BCUT2D eigenvalue weighted by atomic mass is 9.99. The van der Waals surface area contributed by atoms with E-state index in [4.69, 9.17) is 14.7 Å². The van der Waals surface area contributed by atoms with E-state index in [1.165, 1.54) is 27.1 Å². The second kappa shape index (κ2) is 11.8. The summed E-state index contributed by atoms with van der Waals surface area (Å²) >= 11 is 0. The Morgan fingerprint density at radius 1 is 1.21 bits per heavy atom. The second-order valence-corrected chi connectivity index (χ2v) is 12.0. The monoisotopic (exact) mass is 586 g/mol. The maximum absolute atomic E-state index is 13.8. The van der Waals surface area contributed by atoms with Crippen LogP contribution in [-0.2, 0) is 17.8 Å². The minimum Gasteiger partial charge on any atom is -0.462 e. The summed E-state index contributed by atoms with van der Waals surface area (Å²) in [5.74, 6) is -0.984. The molecule has 0 radical (unpaired) electrons. The lowest BCUT2D eigenvalue weighted by Gasteiger charge is -2.42. The van der Waals surface area contributed by atoms with Crippen LogP contribution in [0.4, 0.5) is 15.9 Å². The number of nitrogens with one attached hydrogen (secondary N) is 1. The molecule has 43 heavy (non-hydrogen) atoms. The average molecular weight is 587 g/mol. The van der Waals surface area contributed by atoms with Gasteiger partial charge in [0.1, 0.15) is 12.4 Å². The van der Waals surface area contributed by atoms with Crippen molar-refractivity contribution in [3.05, 3.63) is 53.1 Å². The minimum absolute atomic E-state index is 0.0905. The molecule has 3 aromatic rings. The van der Waals surface area contributed by atoms with E-state index in [9.17, 15) is 14.4 Å². The molecule has 0 bridgehead atoms. The number of nitriles is 1. The van der Waals surface area contributed by atoms with Gasteiger partial charge in [0.15, 0.2) is 5.83 Å². The zero-order valence-corrected chi connectivity index (χ0v) is 25.2. The van der Waals surface area contributed by atoms with E-state index in [2.05, 4.69) is 65.4 Å². The number of anilines is 2. The number of aryl methyl sites for hydroxylation is 1. The lowest BCUT2D eigenvalue weighted by Crippen LogP contribution is -2.55. The summed E-state index contributed by atoms with van der Waals surface area (Å²) in [4.78, 5) is 34.0. The third-order valence-corrected chi connectivity index (χ3v) is 9.36. The Hall–Kier alpha value is -4.17. The van der Waals surface area contributed by atoms with Gasteiger partial charge in [-0.2, -0.15) is 15.2 Å². The smallest absolute Gasteiger partial charge is 0.318 e. The van der Waals surface area contributed by atoms with Gasteiger partial charge in [0.2, 0.25) is 0 Å². The molecule has 0 unspecified atom stereocenters. The molecule has 1 aromatic carbocycles. The van der Waals surface area contributed by atoms with Gasteiger partial charge >= 0.3 is 6.01 Å². The Balaban J connectivity index is 1.35. The van der Waals surface area contributed by atoms with Gasteiger partial charge in [0.25, 0.3) is 5.91 Å². The third-order valence-electron chi connectivity index (χ3n) is 9.36. The summed E-state index contributed by atoms with van der Waals surface area (Å²) < 4.78 is 20.1. The molecule has 226 valence electrons. The van der Waals surface area contributed by atoms with Gasteiger partial charge in [-0.1, -0.05) is 6.58 Å². The molecule has 6 rings (SSSR count). The fourth-order valence-corrected chi connectivity index (χ4v) is 6.85. The van der Waals surface area contributed by atoms with Crippen molar-refractivity contribution in [2.45, 2.75) is 58.2 Å². The van der Waals surface area contributed by atoms with Crippen molar-refractivity contribution in [2.24, 2.45) is 0 Å². The number of ether oxygens (including phenoxy) is 1. The van der Waals surface area contributed by atoms with Crippen LogP contribution < -0.4 is 14.5 Å². The molecule has 0 spiro atoms. The Bertz CT molecular complexity index is 1600. The van der Waals surface area contributed by atoms with E-state index >= 15 is 0 Å². The van der Waals surface area contributed by atoms with Gasteiger partial charge in [-0.15, -0.1) is 0 Å². The molecule has 2 saturated heterocycles. The number of nitrogens with zero attached hydrogens (tertiary/aromatic N) is 7. The maximum Gasteiger partial charge on any atom is 0.318 e. The van der Waals surface area contributed by atoms with Gasteiger partial charge in [0, 0.05) is 60.6 Å². The van der Waals surface area contributed by atoms with Crippen molar-refractivity contribution in [1.29, 1.82) is 5.26 Å². The molecular formula is C32H39FN8O2. The molecule has 5 heterocycles. The van der Waals surface area contributed by atoms with Crippen molar-refractivity contribution >= 4 is 28.3 Å². The van der Waals surface area contributed by atoms with E-state index in [-0.39, 0.29) is 13.0 Å². The average Bonchev–Trinajstić information content (AvgIpc) is 3.63. The number of amides is 1. The van der Waals surface area contributed by atoms with E-state index < -0.39 is 17.8 Å². The van der Waals surface area contributed by atoms with Crippen molar-refractivity contribution in [3.8, 4) is 12.1 Å². The second-order valence-electron chi connectivity index (χ2n) is 12.0. The predicted molar refractivity (Wildman–Crippen MR) is 164 cm³/mol. The first-order valence-electron chi connectivity index (χ1n) is 15.1. The van der Waals surface area contributed by atoms with Crippen LogP contribution in [0.5, 0.6) is 6.01 Å². The molecule has 10 nitrogen and oxygen atoms in total. The van der Waals surface area contributed by atoms with Crippen LogP contribution in [0.1, 0.15) is 41.6 Å². The molecule has 2 aromatic heterocycles. The molecule has 2 atom stereocenters. The highest BCUT2D eigenvalue weighted by Crippen LogP contribution is 2.37. The molecular weight excluding hydrogens is 547 g/mol. The van der Waals surface area contributed by atoms with Gasteiger partial charge < -0.3 is 29.3 Å². The summed E-state index contributed by atoms with van der Waals surface area (Å²) in [7, 11) is 2.12. The molecule has 11 heteroatoms. The van der Waals surface area contributed by atoms with Crippen LogP contribution in [0.25, 0.3) is 10.9 Å². The van der Waals surface area contributed by atoms with E-state index in [1.54, 1.807) is 0 Å².